The lowest BCUT2D eigenvalue weighted by Gasteiger charge is -2.06. The van der Waals surface area contributed by atoms with Crippen LogP contribution in [-0.4, -0.2) is 9.78 Å². The van der Waals surface area contributed by atoms with Gasteiger partial charge in [0.15, 0.2) is 0 Å². The molecule has 0 unspecified atom stereocenters. The smallest absolute Gasteiger partial charge is 0.0624 e. The van der Waals surface area contributed by atoms with Crippen molar-refractivity contribution >= 4 is 0 Å². The van der Waals surface area contributed by atoms with Gasteiger partial charge in [0.25, 0.3) is 0 Å². The molecule has 1 aromatic rings. The summed E-state index contributed by atoms with van der Waals surface area (Å²) in [7, 11) is 1.97. The molecule has 0 saturated carbocycles. The fourth-order valence-electron chi connectivity index (χ4n) is 1.86. The number of aromatic nitrogens is 2. The van der Waals surface area contributed by atoms with Crippen molar-refractivity contribution in [1.82, 2.24) is 9.78 Å². The first-order chi connectivity index (χ1) is 6.34. The maximum Gasteiger partial charge on any atom is 0.0624 e. The number of nitrogens with zero attached hydrogens (tertiary/aromatic N) is 2. The first-order valence-electron chi connectivity index (χ1n) is 4.98. The quantitative estimate of drug-likeness (QED) is 0.646. The monoisotopic (exact) mass is 176 g/mol. The minimum atomic E-state index is 0.877. The van der Waals surface area contributed by atoms with Crippen LogP contribution in [0.1, 0.15) is 25.0 Å². The first kappa shape index (κ1) is 8.54. The van der Waals surface area contributed by atoms with Crippen LogP contribution in [0.15, 0.2) is 24.4 Å². The van der Waals surface area contributed by atoms with Crippen molar-refractivity contribution in [2.75, 3.05) is 0 Å². The third-order valence-corrected chi connectivity index (χ3v) is 2.68. The summed E-state index contributed by atoms with van der Waals surface area (Å²) in [4.78, 5) is 0. The second kappa shape index (κ2) is 3.77. The number of allylic oxidation sites excluding steroid dienone is 2. The summed E-state index contributed by atoms with van der Waals surface area (Å²) in [6.07, 6.45) is 11.6. The highest BCUT2D eigenvalue weighted by molar-refractivity contribution is 5.01. The molecule has 0 aliphatic heterocycles. The highest BCUT2D eigenvalue weighted by atomic mass is 15.2. The van der Waals surface area contributed by atoms with Gasteiger partial charge < -0.3 is 0 Å². The average molecular weight is 176 g/mol. The van der Waals surface area contributed by atoms with E-state index in [1.807, 2.05) is 17.9 Å². The van der Waals surface area contributed by atoms with Crippen LogP contribution in [0.5, 0.6) is 0 Å². The van der Waals surface area contributed by atoms with Gasteiger partial charge in [-0.1, -0.05) is 12.2 Å². The lowest BCUT2D eigenvalue weighted by Crippen LogP contribution is -1.98. The van der Waals surface area contributed by atoms with Gasteiger partial charge in [0, 0.05) is 13.2 Å². The molecule has 2 nitrogen and oxygen atoms in total. The Bertz CT molecular complexity index is 291. The Morgan fingerprint density at radius 3 is 2.85 bits per heavy atom. The molecule has 0 atom stereocenters. The molecule has 0 amide bonds. The van der Waals surface area contributed by atoms with Gasteiger partial charge in [-0.05, 0) is 37.7 Å². The van der Waals surface area contributed by atoms with E-state index in [2.05, 4.69) is 23.3 Å². The van der Waals surface area contributed by atoms with E-state index in [0.717, 1.165) is 12.3 Å². The van der Waals surface area contributed by atoms with Crippen molar-refractivity contribution in [3.8, 4) is 0 Å². The van der Waals surface area contributed by atoms with E-state index in [-0.39, 0.29) is 0 Å². The summed E-state index contributed by atoms with van der Waals surface area (Å²) in [5.41, 5.74) is 1.23. The Morgan fingerprint density at radius 1 is 1.46 bits per heavy atom. The predicted molar refractivity (Wildman–Crippen MR) is 53.4 cm³/mol. The van der Waals surface area contributed by atoms with Crippen LogP contribution in [0.2, 0.25) is 0 Å². The molecule has 13 heavy (non-hydrogen) atoms. The zero-order valence-corrected chi connectivity index (χ0v) is 8.11. The molecule has 70 valence electrons. The fraction of sp³-hybridized carbons (Fsp3) is 0.545. The topological polar surface area (TPSA) is 17.8 Å². The van der Waals surface area contributed by atoms with Crippen LogP contribution in [0, 0.1) is 5.92 Å². The van der Waals surface area contributed by atoms with Gasteiger partial charge in [0.1, 0.15) is 0 Å². The molecule has 0 aromatic carbocycles. The molecule has 2 heteroatoms. The second-order valence-electron chi connectivity index (χ2n) is 3.83. The molecule has 0 saturated heterocycles. The molecular weight excluding hydrogens is 160 g/mol. The Hall–Kier alpha value is -1.05. The minimum absolute atomic E-state index is 0.877. The first-order valence-corrected chi connectivity index (χ1v) is 4.98. The fourth-order valence-corrected chi connectivity index (χ4v) is 1.86. The van der Waals surface area contributed by atoms with E-state index >= 15 is 0 Å². The van der Waals surface area contributed by atoms with Crippen LogP contribution in [0.3, 0.4) is 0 Å². The maximum atomic E-state index is 4.37. The minimum Gasteiger partial charge on any atom is -0.276 e. The molecule has 2 rings (SSSR count). The van der Waals surface area contributed by atoms with Gasteiger partial charge in [-0.15, -0.1) is 0 Å². The van der Waals surface area contributed by atoms with Crippen molar-refractivity contribution in [2.45, 2.75) is 25.7 Å². The lowest BCUT2D eigenvalue weighted by atomic mass is 10.00. The third-order valence-electron chi connectivity index (χ3n) is 2.68. The highest BCUT2D eigenvalue weighted by Crippen LogP contribution is 2.22. The Balaban J connectivity index is 1.79. The van der Waals surface area contributed by atoms with Crippen molar-refractivity contribution in [2.24, 2.45) is 13.0 Å². The maximum absolute atomic E-state index is 4.37. The molecule has 1 aliphatic carbocycles. The van der Waals surface area contributed by atoms with Crippen molar-refractivity contribution in [3.05, 3.63) is 30.1 Å². The van der Waals surface area contributed by atoms with E-state index in [1.165, 1.54) is 25.0 Å². The zero-order valence-electron chi connectivity index (χ0n) is 8.11. The van der Waals surface area contributed by atoms with E-state index in [9.17, 15) is 0 Å². The van der Waals surface area contributed by atoms with E-state index in [1.54, 1.807) is 0 Å². The van der Waals surface area contributed by atoms with Gasteiger partial charge in [-0.3, -0.25) is 4.68 Å². The largest absolute Gasteiger partial charge is 0.276 e. The summed E-state index contributed by atoms with van der Waals surface area (Å²) in [5.74, 6) is 0.877. The molecule has 0 radical (unpaired) electrons. The van der Waals surface area contributed by atoms with Crippen molar-refractivity contribution < 1.29 is 0 Å². The number of hydrogen-bond acceptors (Lipinski definition) is 1. The van der Waals surface area contributed by atoms with Crippen molar-refractivity contribution in [1.29, 1.82) is 0 Å². The normalized spacial score (nSPS) is 17.0. The molecular formula is C11H16N2. The van der Waals surface area contributed by atoms with Gasteiger partial charge in [-0.2, -0.15) is 5.10 Å². The van der Waals surface area contributed by atoms with Crippen LogP contribution in [0.4, 0.5) is 0 Å². The second-order valence-corrected chi connectivity index (χ2v) is 3.83. The summed E-state index contributed by atoms with van der Waals surface area (Å²) in [5, 5.41) is 4.37. The standard InChI is InChI=1S/C11H16N2/c1-13-9-8-11(12-13)7-6-10-4-2-3-5-10/h2-3,8-10H,4-7H2,1H3. The van der Waals surface area contributed by atoms with Crippen LogP contribution in [0.25, 0.3) is 0 Å². The Labute approximate surface area is 79.3 Å². The third kappa shape index (κ3) is 2.20. The predicted octanol–water partition coefficient (Wildman–Crippen LogP) is 2.32. The van der Waals surface area contributed by atoms with Crippen LogP contribution in [-0.2, 0) is 13.5 Å². The Morgan fingerprint density at radius 2 is 2.23 bits per heavy atom. The van der Waals surface area contributed by atoms with E-state index in [4.69, 9.17) is 0 Å². The molecule has 1 aliphatic rings. The molecule has 1 aromatic heterocycles. The summed E-state index contributed by atoms with van der Waals surface area (Å²) >= 11 is 0. The van der Waals surface area contributed by atoms with Crippen LogP contribution >= 0.6 is 0 Å². The molecule has 1 heterocycles. The lowest BCUT2D eigenvalue weighted by molar-refractivity contribution is 0.515. The van der Waals surface area contributed by atoms with E-state index < -0.39 is 0 Å². The number of aryl methyl sites for hydroxylation is 2. The molecule has 0 spiro atoms. The molecule has 0 N–H and O–H groups in total. The number of rotatable bonds is 3. The number of hydrogen-bond donors (Lipinski definition) is 0. The summed E-state index contributed by atoms with van der Waals surface area (Å²) in [6, 6.07) is 2.11. The average Bonchev–Trinajstić information content (AvgIpc) is 2.71. The SMILES string of the molecule is Cn1ccc(CCC2CC=CC2)n1. The van der Waals surface area contributed by atoms with Gasteiger partial charge in [0.2, 0.25) is 0 Å². The van der Waals surface area contributed by atoms with E-state index in [0.29, 0.717) is 0 Å². The zero-order chi connectivity index (χ0) is 9.10. The van der Waals surface area contributed by atoms with Crippen LogP contribution < -0.4 is 0 Å². The Kier molecular flexibility index (Phi) is 2.48. The van der Waals surface area contributed by atoms with Gasteiger partial charge >= 0.3 is 0 Å². The van der Waals surface area contributed by atoms with Gasteiger partial charge in [-0.25, -0.2) is 0 Å². The van der Waals surface area contributed by atoms with Gasteiger partial charge in [0.05, 0.1) is 5.69 Å². The molecule has 0 bridgehead atoms. The highest BCUT2D eigenvalue weighted by Gasteiger charge is 2.10. The summed E-state index contributed by atoms with van der Waals surface area (Å²) in [6.45, 7) is 0. The molecule has 0 fully saturated rings. The summed E-state index contributed by atoms with van der Waals surface area (Å²) < 4.78 is 1.88. The van der Waals surface area contributed by atoms with Crippen molar-refractivity contribution in [3.63, 3.8) is 0 Å².